The van der Waals surface area contributed by atoms with E-state index in [9.17, 15) is 14.9 Å². The van der Waals surface area contributed by atoms with Crippen molar-refractivity contribution in [3.63, 3.8) is 0 Å². The van der Waals surface area contributed by atoms with E-state index in [1.54, 1.807) is 6.07 Å². The zero-order valence-corrected chi connectivity index (χ0v) is 11.1. The van der Waals surface area contributed by atoms with Crippen LogP contribution >= 0.6 is 31.9 Å². The maximum atomic E-state index is 10.8. The standard InChI is InChI=1S/C9H7Br2NO4/c10-9(11,5-8(13)14)6-3-1-2-4-7(6)12(15)16/h1-4H,5H2,(H,13,14). The fraction of sp³-hybridized carbons (Fsp3) is 0.222. The van der Waals surface area contributed by atoms with Crippen LogP contribution in [0.5, 0.6) is 0 Å². The normalized spacial score (nSPS) is 11.1. The molecule has 86 valence electrons. The molecule has 0 unspecified atom stereocenters. The van der Waals surface area contributed by atoms with Crippen LogP contribution in [0.2, 0.25) is 0 Å². The summed E-state index contributed by atoms with van der Waals surface area (Å²) in [5.41, 5.74) is 0.153. The van der Waals surface area contributed by atoms with Gasteiger partial charge in [-0.1, -0.05) is 44.0 Å². The summed E-state index contributed by atoms with van der Waals surface area (Å²) in [6.07, 6.45) is -0.308. The molecule has 1 rings (SSSR count). The minimum Gasteiger partial charge on any atom is -0.481 e. The Morgan fingerprint density at radius 1 is 1.44 bits per heavy atom. The highest BCUT2D eigenvalue weighted by atomic mass is 79.9. The van der Waals surface area contributed by atoms with Gasteiger partial charge in [-0.15, -0.1) is 0 Å². The number of nitro groups is 1. The Morgan fingerprint density at radius 3 is 2.50 bits per heavy atom. The molecule has 0 bridgehead atoms. The smallest absolute Gasteiger partial charge is 0.306 e. The number of alkyl halides is 2. The van der Waals surface area contributed by atoms with Crippen molar-refractivity contribution in [2.75, 3.05) is 0 Å². The van der Waals surface area contributed by atoms with E-state index in [2.05, 4.69) is 31.9 Å². The first kappa shape index (κ1) is 13.1. The van der Waals surface area contributed by atoms with Gasteiger partial charge in [-0.2, -0.15) is 0 Å². The molecule has 0 spiro atoms. The molecule has 0 atom stereocenters. The van der Waals surface area contributed by atoms with Crippen molar-refractivity contribution in [1.29, 1.82) is 0 Å². The van der Waals surface area contributed by atoms with Gasteiger partial charge in [0, 0.05) is 6.07 Å². The molecule has 0 heterocycles. The number of rotatable bonds is 4. The third kappa shape index (κ3) is 3.02. The fourth-order valence-electron chi connectivity index (χ4n) is 1.23. The van der Waals surface area contributed by atoms with Gasteiger partial charge in [-0.05, 0) is 6.07 Å². The Kier molecular flexibility index (Phi) is 4.03. The summed E-state index contributed by atoms with van der Waals surface area (Å²) in [5.74, 6) is -1.06. The summed E-state index contributed by atoms with van der Waals surface area (Å²) in [7, 11) is 0. The monoisotopic (exact) mass is 351 g/mol. The topological polar surface area (TPSA) is 80.4 Å². The summed E-state index contributed by atoms with van der Waals surface area (Å²) >= 11 is 6.28. The zero-order chi connectivity index (χ0) is 12.3. The van der Waals surface area contributed by atoms with Crippen molar-refractivity contribution >= 4 is 43.5 Å². The van der Waals surface area contributed by atoms with Crippen LogP contribution in [0.25, 0.3) is 0 Å². The molecule has 0 amide bonds. The molecule has 7 heteroatoms. The first-order valence-electron chi connectivity index (χ1n) is 4.18. The molecule has 0 saturated heterocycles. The Morgan fingerprint density at radius 2 is 2.00 bits per heavy atom. The minimum absolute atomic E-state index is 0.127. The maximum absolute atomic E-state index is 10.8. The lowest BCUT2D eigenvalue weighted by Gasteiger charge is -2.18. The van der Waals surface area contributed by atoms with Crippen LogP contribution in [0.3, 0.4) is 0 Å². The van der Waals surface area contributed by atoms with Crippen molar-refractivity contribution in [2.24, 2.45) is 0 Å². The molecule has 5 nitrogen and oxygen atoms in total. The van der Waals surface area contributed by atoms with Gasteiger partial charge in [0.25, 0.3) is 5.69 Å². The number of para-hydroxylation sites is 1. The summed E-state index contributed by atoms with van der Waals surface area (Å²) in [6.45, 7) is 0. The van der Waals surface area contributed by atoms with Crippen molar-refractivity contribution < 1.29 is 14.8 Å². The molecule has 0 aromatic heterocycles. The van der Waals surface area contributed by atoms with Crippen molar-refractivity contribution in [2.45, 2.75) is 9.65 Å². The zero-order valence-electron chi connectivity index (χ0n) is 7.89. The van der Waals surface area contributed by atoms with Gasteiger partial charge in [0.1, 0.15) is 3.23 Å². The molecule has 0 radical (unpaired) electrons. The van der Waals surface area contributed by atoms with Crippen LogP contribution < -0.4 is 0 Å². The highest BCUT2D eigenvalue weighted by Crippen LogP contribution is 2.45. The number of hydrogen-bond donors (Lipinski definition) is 1. The Labute approximate surface area is 108 Å². The van der Waals surface area contributed by atoms with E-state index in [0.717, 1.165) is 0 Å². The lowest BCUT2D eigenvalue weighted by atomic mass is 10.1. The molecule has 1 N–H and O–H groups in total. The minimum atomic E-state index is -1.13. The summed E-state index contributed by atoms with van der Waals surface area (Å²) in [6, 6.07) is 5.97. The van der Waals surface area contributed by atoms with E-state index in [1.165, 1.54) is 18.2 Å². The van der Waals surface area contributed by atoms with Crippen molar-refractivity contribution in [1.82, 2.24) is 0 Å². The quantitative estimate of drug-likeness (QED) is 0.513. The number of benzene rings is 1. The highest BCUT2D eigenvalue weighted by Gasteiger charge is 2.34. The van der Waals surface area contributed by atoms with E-state index < -0.39 is 14.1 Å². The van der Waals surface area contributed by atoms with Gasteiger partial charge in [0.2, 0.25) is 0 Å². The lowest BCUT2D eigenvalue weighted by Crippen LogP contribution is -2.16. The first-order valence-corrected chi connectivity index (χ1v) is 5.76. The molecule has 0 fully saturated rings. The SMILES string of the molecule is O=C(O)CC(Br)(Br)c1ccccc1[N+](=O)[O-]. The lowest BCUT2D eigenvalue weighted by molar-refractivity contribution is -0.385. The van der Waals surface area contributed by atoms with E-state index in [4.69, 9.17) is 5.11 Å². The summed E-state index contributed by atoms with van der Waals surface area (Å²) in [4.78, 5) is 20.9. The molecule has 1 aromatic rings. The molecule has 0 aliphatic heterocycles. The van der Waals surface area contributed by atoms with Crippen molar-refractivity contribution in [3.05, 3.63) is 39.9 Å². The highest BCUT2D eigenvalue weighted by molar-refractivity contribution is 9.24. The van der Waals surface area contributed by atoms with Gasteiger partial charge in [0.15, 0.2) is 0 Å². The van der Waals surface area contributed by atoms with Gasteiger partial charge in [-0.25, -0.2) is 0 Å². The van der Waals surface area contributed by atoms with Crippen LogP contribution in [-0.4, -0.2) is 16.0 Å². The van der Waals surface area contributed by atoms with Crippen LogP contribution in [0.4, 0.5) is 5.69 Å². The van der Waals surface area contributed by atoms with E-state index >= 15 is 0 Å². The predicted molar refractivity (Wildman–Crippen MR) is 64.9 cm³/mol. The molecular formula is C9H7Br2NO4. The van der Waals surface area contributed by atoms with E-state index in [-0.39, 0.29) is 17.7 Å². The van der Waals surface area contributed by atoms with E-state index in [0.29, 0.717) is 0 Å². The second-order valence-corrected chi connectivity index (χ2v) is 6.82. The maximum Gasteiger partial charge on any atom is 0.306 e. The second-order valence-electron chi connectivity index (χ2n) is 3.05. The van der Waals surface area contributed by atoms with Crippen LogP contribution in [0.1, 0.15) is 12.0 Å². The number of halogens is 2. The third-order valence-electron chi connectivity index (χ3n) is 1.87. The Hall–Kier alpha value is -0.950. The van der Waals surface area contributed by atoms with E-state index in [1.807, 2.05) is 0 Å². The number of hydrogen-bond acceptors (Lipinski definition) is 3. The van der Waals surface area contributed by atoms with Gasteiger partial charge >= 0.3 is 5.97 Å². The number of carboxylic acid groups (broad SMARTS) is 1. The third-order valence-corrected chi connectivity index (χ3v) is 3.28. The summed E-state index contributed by atoms with van der Waals surface area (Å²) in [5, 5.41) is 19.5. The van der Waals surface area contributed by atoms with Crippen LogP contribution in [-0.2, 0) is 8.03 Å². The molecule has 16 heavy (non-hydrogen) atoms. The number of carboxylic acids is 1. The number of nitro benzene ring substituents is 1. The van der Waals surface area contributed by atoms with Crippen molar-refractivity contribution in [3.8, 4) is 0 Å². The largest absolute Gasteiger partial charge is 0.481 e. The van der Waals surface area contributed by atoms with Gasteiger partial charge in [0.05, 0.1) is 16.9 Å². The first-order chi connectivity index (χ1) is 7.34. The Balaban J connectivity index is 3.21. The number of aliphatic carboxylic acids is 1. The number of nitrogens with zero attached hydrogens (tertiary/aromatic N) is 1. The summed E-state index contributed by atoms with van der Waals surface area (Å²) < 4.78 is -1.13. The number of carbonyl (C=O) groups is 1. The molecule has 1 aromatic carbocycles. The molecule has 0 saturated carbocycles. The fourth-order valence-corrected chi connectivity index (χ4v) is 2.38. The predicted octanol–water partition coefficient (Wildman–Crippen LogP) is 3.01. The van der Waals surface area contributed by atoms with Gasteiger partial charge < -0.3 is 5.11 Å². The molecule has 0 aliphatic rings. The molecular weight excluding hydrogens is 346 g/mol. The Bertz CT molecular complexity index is 433. The molecule has 0 aliphatic carbocycles. The van der Waals surface area contributed by atoms with Crippen LogP contribution in [0, 0.1) is 10.1 Å². The average Bonchev–Trinajstić information content (AvgIpc) is 2.15. The van der Waals surface area contributed by atoms with Gasteiger partial charge in [-0.3, -0.25) is 14.9 Å². The van der Waals surface area contributed by atoms with Crippen LogP contribution in [0.15, 0.2) is 24.3 Å². The average molecular weight is 353 g/mol. The second kappa shape index (κ2) is 4.92.